The molecule has 10 heteroatoms. The fraction of sp³-hybridized carbons (Fsp3) is 0.476. The van der Waals surface area contributed by atoms with Gasteiger partial charge in [-0.1, -0.05) is 20.8 Å². The summed E-state index contributed by atoms with van der Waals surface area (Å²) in [6.45, 7) is 8.20. The number of nitrogens with zero attached hydrogens (tertiary/aromatic N) is 5. The van der Waals surface area contributed by atoms with E-state index in [0.717, 1.165) is 34.2 Å². The van der Waals surface area contributed by atoms with E-state index < -0.39 is 12.3 Å². The molecule has 0 fully saturated rings. The molecule has 162 valence electrons. The Hall–Kier alpha value is -2.93. The van der Waals surface area contributed by atoms with Crippen LogP contribution < -0.4 is 5.32 Å². The number of nitrogens with one attached hydrogen (secondary N) is 1. The van der Waals surface area contributed by atoms with Gasteiger partial charge in [-0.15, -0.1) is 16.4 Å². The molecule has 1 aliphatic carbocycles. The minimum atomic E-state index is -2.79. The zero-order chi connectivity index (χ0) is 22.5. The summed E-state index contributed by atoms with van der Waals surface area (Å²) in [7, 11) is 0. The lowest BCUT2D eigenvalue weighted by atomic mass is 9.72. The highest BCUT2D eigenvalue weighted by Crippen LogP contribution is 2.44. The van der Waals surface area contributed by atoms with E-state index in [2.05, 4.69) is 47.2 Å². The third-order valence-corrected chi connectivity index (χ3v) is 6.89. The lowest BCUT2D eigenvalue weighted by Crippen LogP contribution is -2.26. The van der Waals surface area contributed by atoms with Crippen LogP contribution in [0.1, 0.15) is 71.6 Å². The van der Waals surface area contributed by atoms with Crippen LogP contribution in [0.4, 0.5) is 13.8 Å². The maximum atomic E-state index is 13.3. The van der Waals surface area contributed by atoms with Crippen LogP contribution >= 0.6 is 11.3 Å². The quantitative estimate of drug-likeness (QED) is 0.631. The third-order valence-electron chi connectivity index (χ3n) is 5.72. The number of rotatable bonds is 3. The van der Waals surface area contributed by atoms with Gasteiger partial charge < -0.3 is 5.32 Å². The topological polar surface area (TPSA) is 96.0 Å². The average Bonchev–Trinajstić information content (AvgIpc) is 3.26. The summed E-state index contributed by atoms with van der Waals surface area (Å²) in [6.07, 6.45) is -0.140. The van der Waals surface area contributed by atoms with Gasteiger partial charge in [0.1, 0.15) is 16.8 Å². The Morgan fingerprint density at radius 1 is 1.39 bits per heavy atom. The molecule has 1 aliphatic rings. The lowest BCUT2D eigenvalue weighted by molar-refractivity contribution is 0.101. The Balaban J connectivity index is 1.65. The van der Waals surface area contributed by atoms with Gasteiger partial charge in [0.15, 0.2) is 0 Å². The van der Waals surface area contributed by atoms with Crippen LogP contribution in [0.2, 0.25) is 0 Å². The van der Waals surface area contributed by atoms with E-state index >= 15 is 0 Å². The van der Waals surface area contributed by atoms with Gasteiger partial charge in [0, 0.05) is 10.6 Å². The molecule has 0 unspecified atom stereocenters. The van der Waals surface area contributed by atoms with Crippen LogP contribution in [0.15, 0.2) is 6.07 Å². The van der Waals surface area contributed by atoms with Gasteiger partial charge in [-0.05, 0) is 49.1 Å². The number of nitriles is 1. The van der Waals surface area contributed by atoms with Gasteiger partial charge in [0.2, 0.25) is 5.82 Å². The van der Waals surface area contributed by atoms with Crippen LogP contribution in [-0.2, 0) is 12.8 Å². The summed E-state index contributed by atoms with van der Waals surface area (Å²) < 4.78 is 27.5. The molecule has 0 saturated carbocycles. The molecule has 0 radical (unpaired) electrons. The number of fused-ring (bicyclic) bond motifs is 2. The number of alkyl halides is 2. The van der Waals surface area contributed by atoms with Crippen LogP contribution in [0.5, 0.6) is 0 Å². The zero-order valence-corrected chi connectivity index (χ0v) is 18.5. The van der Waals surface area contributed by atoms with Crippen molar-refractivity contribution in [2.75, 3.05) is 5.32 Å². The summed E-state index contributed by atoms with van der Waals surface area (Å²) in [6, 6.07) is 3.42. The molecule has 4 rings (SSSR count). The SMILES string of the molecule is Cc1cc(C(F)F)n2nc(C(=O)Nc3sc4c(c3C#N)CC[C@H](C(C)(C)C)C4)nc2n1. The van der Waals surface area contributed by atoms with Crippen molar-refractivity contribution in [3.63, 3.8) is 0 Å². The number of thiophene rings is 1. The van der Waals surface area contributed by atoms with Crippen LogP contribution in [-0.4, -0.2) is 25.5 Å². The fourth-order valence-corrected chi connectivity index (χ4v) is 5.23. The maximum Gasteiger partial charge on any atom is 0.296 e. The smallest absolute Gasteiger partial charge is 0.296 e. The second-order valence-electron chi connectivity index (χ2n) is 8.85. The van der Waals surface area contributed by atoms with Gasteiger partial charge in [0.05, 0.1) is 5.56 Å². The Morgan fingerprint density at radius 3 is 2.77 bits per heavy atom. The summed E-state index contributed by atoms with van der Waals surface area (Å²) in [5.74, 6) is -0.510. The highest BCUT2D eigenvalue weighted by molar-refractivity contribution is 7.16. The number of halogens is 2. The van der Waals surface area contributed by atoms with Crippen molar-refractivity contribution < 1.29 is 13.6 Å². The standard InChI is InChI=1S/C21H22F2N6OS/c1-10-7-14(16(22)23)29-20(25-10)26-17(28-29)18(30)27-19-13(9-24)12-6-5-11(21(2,3)4)8-15(12)31-19/h7,11,16H,5-6,8H2,1-4H3,(H,27,30)/t11-/m0/s1. The molecule has 0 bridgehead atoms. The number of aromatic nitrogens is 4. The van der Waals surface area contributed by atoms with Crippen molar-refractivity contribution in [2.45, 2.75) is 53.4 Å². The molecular formula is C21H22F2N6OS. The van der Waals surface area contributed by atoms with Crippen LogP contribution in [0, 0.1) is 29.6 Å². The average molecular weight is 445 g/mol. The number of hydrogen-bond donors (Lipinski definition) is 1. The molecule has 0 saturated heterocycles. The summed E-state index contributed by atoms with van der Waals surface area (Å²) in [5, 5.41) is 16.8. The molecule has 0 aromatic carbocycles. The first kappa shape index (κ1) is 21.3. The summed E-state index contributed by atoms with van der Waals surface area (Å²) >= 11 is 1.39. The number of aryl methyl sites for hydroxylation is 1. The fourth-order valence-electron chi connectivity index (χ4n) is 3.96. The van der Waals surface area contributed by atoms with E-state index in [1.807, 2.05) is 0 Å². The molecule has 1 N–H and O–H groups in total. The molecule has 3 aromatic rings. The Morgan fingerprint density at radius 2 is 2.13 bits per heavy atom. The molecule has 3 aromatic heterocycles. The first-order chi connectivity index (χ1) is 14.6. The monoisotopic (exact) mass is 444 g/mol. The van der Waals surface area contributed by atoms with E-state index in [1.165, 1.54) is 17.4 Å². The third kappa shape index (κ3) is 3.90. The van der Waals surface area contributed by atoms with Crippen LogP contribution in [0.25, 0.3) is 5.78 Å². The molecular weight excluding hydrogens is 422 g/mol. The molecule has 0 spiro atoms. The largest absolute Gasteiger partial charge is 0.310 e. The van der Waals surface area contributed by atoms with E-state index in [0.29, 0.717) is 22.2 Å². The molecule has 1 amide bonds. The van der Waals surface area contributed by atoms with Gasteiger partial charge >= 0.3 is 0 Å². The molecule has 1 atom stereocenters. The van der Waals surface area contributed by atoms with Gasteiger partial charge in [-0.3, -0.25) is 4.79 Å². The minimum Gasteiger partial charge on any atom is -0.310 e. The molecule has 3 heterocycles. The number of carbonyl (C=O) groups is 1. The number of anilines is 1. The van der Waals surface area contributed by atoms with Gasteiger partial charge in [-0.25, -0.2) is 13.8 Å². The second kappa shape index (κ2) is 7.64. The highest BCUT2D eigenvalue weighted by Gasteiger charge is 2.32. The van der Waals surface area contributed by atoms with E-state index in [9.17, 15) is 18.8 Å². The first-order valence-corrected chi connectivity index (χ1v) is 10.8. The Bertz CT molecular complexity index is 1220. The number of amides is 1. The predicted molar refractivity (Wildman–Crippen MR) is 112 cm³/mol. The summed E-state index contributed by atoms with van der Waals surface area (Å²) in [4.78, 5) is 22.0. The highest BCUT2D eigenvalue weighted by atomic mass is 32.1. The molecule has 7 nitrogen and oxygen atoms in total. The molecule has 31 heavy (non-hydrogen) atoms. The van der Waals surface area contributed by atoms with E-state index in [-0.39, 0.29) is 22.7 Å². The van der Waals surface area contributed by atoms with Crippen molar-refractivity contribution in [1.82, 2.24) is 19.6 Å². The van der Waals surface area contributed by atoms with Crippen molar-refractivity contribution in [3.8, 4) is 6.07 Å². The first-order valence-electron chi connectivity index (χ1n) is 9.97. The Kier molecular flexibility index (Phi) is 5.25. The minimum absolute atomic E-state index is 0.0700. The van der Waals surface area contributed by atoms with Crippen molar-refractivity contribution in [3.05, 3.63) is 39.3 Å². The van der Waals surface area contributed by atoms with E-state index in [1.54, 1.807) is 6.92 Å². The normalized spacial score (nSPS) is 16.4. The number of carbonyl (C=O) groups excluding carboxylic acids is 1. The van der Waals surface area contributed by atoms with Gasteiger partial charge in [0.25, 0.3) is 18.1 Å². The molecule has 0 aliphatic heterocycles. The van der Waals surface area contributed by atoms with Gasteiger partial charge in [-0.2, -0.15) is 14.8 Å². The zero-order valence-electron chi connectivity index (χ0n) is 17.7. The predicted octanol–water partition coefficient (Wildman–Crippen LogP) is 4.71. The van der Waals surface area contributed by atoms with Crippen molar-refractivity contribution >= 4 is 28.0 Å². The van der Waals surface area contributed by atoms with Crippen molar-refractivity contribution in [1.29, 1.82) is 5.26 Å². The van der Waals surface area contributed by atoms with Crippen LogP contribution in [0.3, 0.4) is 0 Å². The second-order valence-corrected chi connectivity index (χ2v) is 9.96. The van der Waals surface area contributed by atoms with E-state index in [4.69, 9.17) is 0 Å². The number of hydrogen-bond acceptors (Lipinski definition) is 6. The van der Waals surface area contributed by atoms with Crippen molar-refractivity contribution in [2.24, 2.45) is 11.3 Å². The summed E-state index contributed by atoms with van der Waals surface area (Å²) in [5.41, 5.74) is 1.58. The Labute approximate surface area is 182 Å². The maximum absolute atomic E-state index is 13.3. The lowest BCUT2D eigenvalue weighted by Gasteiger charge is -2.33.